The minimum atomic E-state index is -4.29. The van der Waals surface area contributed by atoms with Gasteiger partial charge in [0.2, 0.25) is 0 Å². The number of hydrogen-bond acceptors (Lipinski definition) is 2. The number of benzene rings is 1. The predicted octanol–water partition coefficient (Wildman–Crippen LogP) is 3.23. The summed E-state index contributed by atoms with van der Waals surface area (Å²) in [5, 5.41) is 3.25. The normalized spacial score (nSPS) is 18.8. The lowest BCUT2D eigenvalue weighted by Crippen LogP contribution is -2.45. The molecule has 0 bridgehead atoms. The lowest BCUT2D eigenvalue weighted by molar-refractivity contribution is -0.137. The van der Waals surface area contributed by atoms with Crippen molar-refractivity contribution in [3.63, 3.8) is 0 Å². The Morgan fingerprint density at radius 2 is 2.00 bits per heavy atom. The summed E-state index contributed by atoms with van der Waals surface area (Å²) in [5.41, 5.74) is 0.126. The van der Waals surface area contributed by atoms with E-state index in [2.05, 4.69) is 16.8 Å². The predicted molar refractivity (Wildman–Crippen MR) is 73.4 cm³/mol. The van der Waals surface area contributed by atoms with E-state index >= 15 is 0 Å². The highest BCUT2D eigenvalue weighted by Crippen LogP contribution is 2.33. The summed E-state index contributed by atoms with van der Waals surface area (Å²) in [5.74, 6) is 0. The minimum absolute atomic E-state index is 0.0306. The van der Waals surface area contributed by atoms with Crippen molar-refractivity contribution < 1.29 is 13.2 Å². The molecule has 1 saturated heterocycles. The molecule has 1 aromatic carbocycles. The largest absolute Gasteiger partial charge is 0.416 e. The van der Waals surface area contributed by atoms with Gasteiger partial charge in [0.25, 0.3) is 0 Å². The van der Waals surface area contributed by atoms with E-state index in [1.165, 1.54) is 12.1 Å². The summed E-state index contributed by atoms with van der Waals surface area (Å²) >= 11 is 0. The molecular formula is C15H19F3N2. The molecule has 20 heavy (non-hydrogen) atoms. The van der Waals surface area contributed by atoms with E-state index in [0.29, 0.717) is 12.0 Å². The Morgan fingerprint density at radius 1 is 1.30 bits per heavy atom. The quantitative estimate of drug-likeness (QED) is 0.854. The third-order valence-corrected chi connectivity index (χ3v) is 3.58. The standard InChI is InChI=1S/C15H19F3N2/c1-2-4-14(20-9-7-19-8-10-20)12-5-3-6-13(11-12)15(16,17)18/h2-3,5-6,11,14,19H,1,4,7-10H2/t14-/m0/s1. The Labute approximate surface area is 117 Å². The average Bonchev–Trinajstić information content (AvgIpc) is 2.45. The number of halogens is 3. The SMILES string of the molecule is C=CC[C@@H](c1cccc(C(F)(F)F)c1)N1CCNCC1. The molecule has 0 saturated carbocycles. The van der Waals surface area contributed by atoms with Crippen LogP contribution in [-0.2, 0) is 6.18 Å². The Balaban J connectivity index is 2.26. The second kappa shape index (κ2) is 6.41. The maximum atomic E-state index is 12.8. The van der Waals surface area contributed by atoms with Crippen molar-refractivity contribution in [1.29, 1.82) is 0 Å². The van der Waals surface area contributed by atoms with Crippen LogP contribution in [0.1, 0.15) is 23.6 Å². The van der Waals surface area contributed by atoms with E-state index < -0.39 is 11.7 Å². The molecule has 0 unspecified atom stereocenters. The van der Waals surface area contributed by atoms with Crippen molar-refractivity contribution in [3.05, 3.63) is 48.0 Å². The molecule has 2 nitrogen and oxygen atoms in total. The van der Waals surface area contributed by atoms with Gasteiger partial charge in [-0.15, -0.1) is 6.58 Å². The van der Waals surface area contributed by atoms with Crippen LogP contribution < -0.4 is 5.32 Å². The second-order valence-electron chi connectivity index (χ2n) is 4.95. The van der Waals surface area contributed by atoms with Gasteiger partial charge in [-0.2, -0.15) is 13.2 Å². The molecule has 0 radical (unpaired) electrons. The average molecular weight is 284 g/mol. The van der Waals surface area contributed by atoms with Gasteiger partial charge in [0.15, 0.2) is 0 Å². The van der Waals surface area contributed by atoms with E-state index in [4.69, 9.17) is 0 Å². The zero-order valence-corrected chi connectivity index (χ0v) is 11.3. The molecule has 2 rings (SSSR count). The summed E-state index contributed by atoms with van der Waals surface area (Å²) in [4.78, 5) is 2.22. The second-order valence-corrected chi connectivity index (χ2v) is 4.95. The summed E-state index contributed by atoms with van der Waals surface area (Å²) < 4.78 is 38.4. The third kappa shape index (κ3) is 3.61. The van der Waals surface area contributed by atoms with Crippen LogP contribution in [0.3, 0.4) is 0 Å². The topological polar surface area (TPSA) is 15.3 Å². The maximum absolute atomic E-state index is 12.8. The van der Waals surface area contributed by atoms with Gasteiger partial charge in [0.1, 0.15) is 0 Å². The van der Waals surface area contributed by atoms with Crippen LogP contribution in [0.25, 0.3) is 0 Å². The fourth-order valence-corrected chi connectivity index (χ4v) is 2.57. The van der Waals surface area contributed by atoms with Crippen LogP contribution in [0.2, 0.25) is 0 Å². The molecule has 1 fully saturated rings. The molecule has 1 aliphatic rings. The fraction of sp³-hybridized carbons (Fsp3) is 0.467. The van der Waals surface area contributed by atoms with Crippen molar-refractivity contribution in [2.45, 2.75) is 18.6 Å². The van der Waals surface area contributed by atoms with Crippen LogP contribution in [0.5, 0.6) is 0 Å². The molecule has 1 aromatic rings. The number of alkyl halides is 3. The van der Waals surface area contributed by atoms with Crippen LogP contribution in [0.4, 0.5) is 13.2 Å². The highest BCUT2D eigenvalue weighted by Gasteiger charge is 2.31. The maximum Gasteiger partial charge on any atom is 0.416 e. The van der Waals surface area contributed by atoms with E-state index in [0.717, 1.165) is 32.2 Å². The summed E-state index contributed by atoms with van der Waals surface area (Å²) in [6.07, 6.45) is -1.87. The van der Waals surface area contributed by atoms with Gasteiger partial charge < -0.3 is 5.32 Å². The van der Waals surface area contributed by atoms with E-state index in [-0.39, 0.29) is 6.04 Å². The molecular weight excluding hydrogens is 265 g/mol. The first kappa shape index (κ1) is 15.1. The van der Waals surface area contributed by atoms with Crippen LogP contribution in [0, 0.1) is 0 Å². The van der Waals surface area contributed by atoms with Crippen molar-refractivity contribution >= 4 is 0 Å². The molecule has 0 aromatic heterocycles. The fourth-order valence-electron chi connectivity index (χ4n) is 2.57. The first-order valence-electron chi connectivity index (χ1n) is 6.75. The molecule has 1 heterocycles. The zero-order valence-electron chi connectivity index (χ0n) is 11.3. The van der Waals surface area contributed by atoms with Crippen LogP contribution in [0.15, 0.2) is 36.9 Å². The van der Waals surface area contributed by atoms with Crippen molar-refractivity contribution in [1.82, 2.24) is 10.2 Å². The lowest BCUT2D eigenvalue weighted by atomic mass is 9.99. The highest BCUT2D eigenvalue weighted by atomic mass is 19.4. The van der Waals surface area contributed by atoms with Gasteiger partial charge in [-0.1, -0.05) is 18.2 Å². The first-order chi connectivity index (χ1) is 9.52. The number of piperazine rings is 1. The third-order valence-electron chi connectivity index (χ3n) is 3.58. The smallest absolute Gasteiger partial charge is 0.314 e. The van der Waals surface area contributed by atoms with Crippen molar-refractivity contribution in [2.24, 2.45) is 0 Å². The Kier molecular flexibility index (Phi) is 4.83. The number of nitrogens with zero attached hydrogens (tertiary/aromatic N) is 1. The van der Waals surface area contributed by atoms with Gasteiger partial charge in [-0.05, 0) is 24.1 Å². The van der Waals surface area contributed by atoms with Crippen molar-refractivity contribution in [3.8, 4) is 0 Å². The van der Waals surface area contributed by atoms with Gasteiger partial charge in [0.05, 0.1) is 5.56 Å². The summed E-state index contributed by atoms with van der Waals surface area (Å²) in [6.45, 7) is 7.15. The van der Waals surface area contributed by atoms with E-state index in [1.54, 1.807) is 12.1 Å². The van der Waals surface area contributed by atoms with Gasteiger partial charge >= 0.3 is 6.18 Å². The van der Waals surface area contributed by atoms with Crippen molar-refractivity contribution in [2.75, 3.05) is 26.2 Å². The number of nitrogens with one attached hydrogen (secondary N) is 1. The summed E-state index contributed by atoms with van der Waals surface area (Å²) in [7, 11) is 0. The Morgan fingerprint density at radius 3 is 2.60 bits per heavy atom. The lowest BCUT2D eigenvalue weighted by Gasteiger charge is -2.35. The Hall–Kier alpha value is -1.33. The van der Waals surface area contributed by atoms with E-state index in [9.17, 15) is 13.2 Å². The van der Waals surface area contributed by atoms with Gasteiger partial charge in [-0.25, -0.2) is 0 Å². The molecule has 5 heteroatoms. The summed E-state index contributed by atoms with van der Waals surface area (Å²) in [6, 6.07) is 5.60. The molecule has 1 N–H and O–H groups in total. The van der Waals surface area contributed by atoms with Crippen LogP contribution in [-0.4, -0.2) is 31.1 Å². The molecule has 110 valence electrons. The minimum Gasteiger partial charge on any atom is -0.314 e. The molecule has 0 amide bonds. The molecule has 1 atom stereocenters. The van der Waals surface area contributed by atoms with Gasteiger partial charge in [-0.3, -0.25) is 4.90 Å². The Bertz CT molecular complexity index is 451. The monoisotopic (exact) mass is 284 g/mol. The van der Waals surface area contributed by atoms with Gasteiger partial charge in [0, 0.05) is 32.2 Å². The van der Waals surface area contributed by atoms with E-state index in [1.807, 2.05) is 0 Å². The number of hydrogen-bond donors (Lipinski definition) is 1. The zero-order chi connectivity index (χ0) is 14.6. The molecule has 0 spiro atoms. The first-order valence-corrected chi connectivity index (χ1v) is 6.75. The highest BCUT2D eigenvalue weighted by molar-refractivity contribution is 5.28. The molecule has 1 aliphatic heterocycles. The molecule has 0 aliphatic carbocycles. The van der Waals surface area contributed by atoms with Crippen LogP contribution >= 0.6 is 0 Å². The number of rotatable bonds is 4.